The van der Waals surface area contributed by atoms with Crippen LogP contribution in [0.5, 0.6) is 0 Å². The van der Waals surface area contributed by atoms with Crippen molar-refractivity contribution < 1.29 is 0 Å². The maximum absolute atomic E-state index is 5.60. The summed E-state index contributed by atoms with van der Waals surface area (Å²) in [7, 11) is 0. The molecule has 0 aliphatic carbocycles. The molecule has 0 aliphatic rings. The van der Waals surface area contributed by atoms with Crippen molar-refractivity contribution in [3.63, 3.8) is 0 Å². The molecule has 1 heterocycles. The molecule has 0 bridgehead atoms. The Bertz CT molecular complexity index is 242. The van der Waals surface area contributed by atoms with Crippen molar-refractivity contribution in [3.05, 3.63) is 27.4 Å². The summed E-state index contributed by atoms with van der Waals surface area (Å²) in [6, 6.07) is 2.00. The Morgan fingerprint density at radius 2 is 2.50 bits per heavy atom. The standard InChI is InChI=1S/C7H6BrClS/c1-5(4-9)7-6(8)2-3-10-7/h2-3H,1,4H2. The zero-order valence-corrected chi connectivity index (χ0v) is 8.39. The predicted molar refractivity (Wildman–Crippen MR) is 51.8 cm³/mol. The summed E-state index contributed by atoms with van der Waals surface area (Å²) in [6.07, 6.45) is 0. The van der Waals surface area contributed by atoms with Gasteiger partial charge in [-0.05, 0) is 32.9 Å². The van der Waals surface area contributed by atoms with E-state index < -0.39 is 0 Å². The van der Waals surface area contributed by atoms with Gasteiger partial charge >= 0.3 is 0 Å². The van der Waals surface area contributed by atoms with Crippen molar-refractivity contribution in [2.45, 2.75) is 0 Å². The third kappa shape index (κ3) is 1.62. The molecule has 0 amide bonds. The van der Waals surface area contributed by atoms with E-state index in [9.17, 15) is 0 Å². The minimum absolute atomic E-state index is 0.499. The van der Waals surface area contributed by atoms with Crippen LogP contribution in [0.2, 0.25) is 0 Å². The van der Waals surface area contributed by atoms with E-state index in [0.29, 0.717) is 5.88 Å². The highest BCUT2D eigenvalue weighted by Gasteiger charge is 2.02. The van der Waals surface area contributed by atoms with Crippen LogP contribution < -0.4 is 0 Å². The van der Waals surface area contributed by atoms with Crippen LogP contribution in [-0.4, -0.2) is 5.88 Å². The highest BCUT2D eigenvalue weighted by Crippen LogP contribution is 2.29. The van der Waals surface area contributed by atoms with Crippen LogP contribution in [0, 0.1) is 0 Å². The lowest BCUT2D eigenvalue weighted by atomic mass is 10.3. The molecule has 0 saturated heterocycles. The van der Waals surface area contributed by atoms with Gasteiger partial charge in [0, 0.05) is 15.2 Å². The van der Waals surface area contributed by atoms with Crippen molar-refractivity contribution in [3.8, 4) is 0 Å². The molecule has 0 aromatic carbocycles. The number of allylic oxidation sites excluding steroid dienone is 1. The monoisotopic (exact) mass is 236 g/mol. The number of hydrogen-bond donors (Lipinski definition) is 0. The summed E-state index contributed by atoms with van der Waals surface area (Å²) in [5.74, 6) is 0.499. The summed E-state index contributed by atoms with van der Waals surface area (Å²) >= 11 is 10.7. The average Bonchev–Trinajstić information content (AvgIpc) is 2.34. The molecule has 0 unspecified atom stereocenters. The molecule has 0 spiro atoms. The number of rotatable bonds is 2. The number of thiophene rings is 1. The van der Waals surface area contributed by atoms with E-state index in [4.69, 9.17) is 11.6 Å². The third-order valence-corrected chi connectivity index (χ3v) is 3.36. The normalized spacial score (nSPS) is 9.80. The number of hydrogen-bond acceptors (Lipinski definition) is 1. The molecular weight excluding hydrogens is 232 g/mol. The van der Waals surface area contributed by atoms with Gasteiger partial charge in [0.05, 0.1) is 0 Å². The molecule has 1 rings (SSSR count). The summed E-state index contributed by atoms with van der Waals surface area (Å²) in [5, 5.41) is 2.01. The quantitative estimate of drug-likeness (QED) is 0.687. The van der Waals surface area contributed by atoms with Gasteiger partial charge in [-0.15, -0.1) is 22.9 Å². The molecule has 0 N–H and O–H groups in total. The molecule has 0 radical (unpaired) electrons. The molecule has 3 heteroatoms. The van der Waals surface area contributed by atoms with Gasteiger partial charge in [-0.3, -0.25) is 0 Å². The van der Waals surface area contributed by atoms with Crippen molar-refractivity contribution in [2.24, 2.45) is 0 Å². The second-order valence-corrected chi connectivity index (χ2v) is 3.87. The summed E-state index contributed by atoms with van der Waals surface area (Å²) < 4.78 is 1.09. The van der Waals surface area contributed by atoms with Gasteiger partial charge in [-0.25, -0.2) is 0 Å². The van der Waals surface area contributed by atoms with Gasteiger partial charge < -0.3 is 0 Å². The van der Waals surface area contributed by atoms with Crippen molar-refractivity contribution in [1.82, 2.24) is 0 Å². The molecule has 0 atom stereocenters. The molecule has 10 heavy (non-hydrogen) atoms. The molecule has 0 aliphatic heterocycles. The average molecular weight is 238 g/mol. The van der Waals surface area contributed by atoms with Gasteiger partial charge in [0.15, 0.2) is 0 Å². The third-order valence-electron chi connectivity index (χ3n) is 1.10. The van der Waals surface area contributed by atoms with Crippen LogP contribution >= 0.6 is 38.9 Å². The molecule has 0 nitrogen and oxygen atoms in total. The van der Waals surface area contributed by atoms with E-state index in [1.165, 1.54) is 0 Å². The Morgan fingerprint density at radius 3 is 2.90 bits per heavy atom. The zero-order chi connectivity index (χ0) is 7.56. The maximum atomic E-state index is 5.60. The Morgan fingerprint density at radius 1 is 1.80 bits per heavy atom. The Kier molecular flexibility index (Phi) is 2.96. The van der Waals surface area contributed by atoms with Gasteiger partial charge in [0.1, 0.15) is 0 Å². The SMILES string of the molecule is C=C(CCl)c1sccc1Br. The highest BCUT2D eigenvalue weighted by molar-refractivity contribution is 9.10. The van der Waals surface area contributed by atoms with E-state index in [2.05, 4.69) is 22.5 Å². The minimum atomic E-state index is 0.499. The van der Waals surface area contributed by atoms with E-state index in [-0.39, 0.29) is 0 Å². The Balaban J connectivity index is 2.93. The van der Waals surface area contributed by atoms with Crippen LogP contribution in [0.3, 0.4) is 0 Å². The largest absolute Gasteiger partial charge is 0.143 e. The lowest BCUT2D eigenvalue weighted by molar-refractivity contribution is 1.70. The van der Waals surface area contributed by atoms with E-state index in [0.717, 1.165) is 14.9 Å². The van der Waals surface area contributed by atoms with Crippen LogP contribution in [-0.2, 0) is 0 Å². The lowest BCUT2D eigenvalue weighted by Gasteiger charge is -1.95. The Hall–Kier alpha value is 0.210. The summed E-state index contributed by atoms with van der Waals surface area (Å²) in [5.41, 5.74) is 0.976. The second kappa shape index (κ2) is 3.56. The van der Waals surface area contributed by atoms with Crippen molar-refractivity contribution in [1.29, 1.82) is 0 Å². The fourth-order valence-electron chi connectivity index (χ4n) is 0.607. The minimum Gasteiger partial charge on any atom is -0.143 e. The van der Waals surface area contributed by atoms with Crippen LogP contribution in [0.4, 0.5) is 0 Å². The number of halogens is 2. The van der Waals surface area contributed by atoms with Gasteiger partial charge in [-0.1, -0.05) is 6.58 Å². The predicted octanol–water partition coefficient (Wildman–Crippen LogP) is 3.76. The maximum Gasteiger partial charge on any atom is 0.0482 e. The smallest absolute Gasteiger partial charge is 0.0482 e. The lowest BCUT2D eigenvalue weighted by Crippen LogP contribution is -1.77. The van der Waals surface area contributed by atoms with Gasteiger partial charge in [0.25, 0.3) is 0 Å². The van der Waals surface area contributed by atoms with Crippen LogP contribution in [0.25, 0.3) is 5.57 Å². The first-order valence-corrected chi connectivity index (χ1v) is 4.93. The fraction of sp³-hybridized carbons (Fsp3) is 0.143. The van der Waals surface area contributed by atoms with E-state index >= 15 is 0 Å². The first-order valence-electron chi connectivity index (χ1n) is 2.73. The second-order valence-electron chi connectivity index (χ2n) is 1.83. The fourth-order valence-corrected chi connectivity index (χ4v) is 2.45. The highest BCUT2D eigenvalue weighted by atomic mass is 79.9. The molecular formula is C7H6BrClS. The number of alkyl halides is 1. The molecule has 1 aromatic rings. The zero-order valence-electron chi connectivity index (χ0n) is 5.23. The van der Waals surface area contributed by atoms with Crippen molar-refractivity contribution in [2.75, 3.05) is 5.88 Å². The van der Waals surface area contributed by atoms with Crippen molar-refractivity contribution >= 4 is 44.4 Å². The van der Waals surface area contributed by atoms with Gasteiger partial charge in [-0.2, -0.15) is 0 Å². The molecule has 54 valence electrons. The summed E-state index contributed by atoms with van der Waals surface area (Å²) in [6.45, 7) is 3.82. The summed E-state index contributed by atoms with van der Waals surface area (Å²) in [4.78, 5) is 1.15. The molecule has 0 fully saturated rings. The van der Waals surface area contributed by atoms with E-state index in [1.54, 1.807) is 11.3 Å². The molecule has 1 aromatic heterocycles. The first-order chi connectivity index (χ1) is 4.75. The van der Waals surface area contributed by atoms with Gasteiger partial charge in [0.2, 0.25) is 0 Å². The first kappa shape index (κ1) is 8.31. The van der Waals surface area contributed by atoms with Crippen LogP contribution in [0.1, 0.15) is 4.88 Å². The molecule has 0 saturated carbocycles. The Labute approximate surface area is 77.6 Å². The topological polar surface area (TPSA) is 0 Å². The van der Waals surface area contributed by atoms with E-state index in [1.807, 2.05) is 11.4 Å². The van der Waals surface area contributed by atoms with Crippen LogP contribution in [0.15, 0.2) is 22.5 Å².